The zero-order chi connectivity index (χ0) is 21.6. The second-order valence-electron chi connectivity index (χ2n) is 4.28. The predicted molar refractivity (Wildman–Crippen MR) is 47.1 cm³/mol. The van der Waals surface area contributed by atoms with E-state index in [0.29, 0.717) is 0 Å². The van der Waals surface area contributed by atoms with Gasteiger partial charge in [-0.2, -0.15) is 65.9 Å². The summed E-state index contributed by atoms with van der Waals surface area (Å²) < 4.78 is 198. The minimum absolute atomic E-state index is 2.26. The monoisotopic (exact) mass is 430 g/mol. The van der Waals surface area contributed by atoms with Crippen LogP contribution in [0.4, 0.5) is 70.2 Å². The number of allylic oxidation sites excluding steroid dienone is 1. The molecule has 0 fully saturated rings. The van der Waals surface area contributed by atoms with Gasteiger partial charge in [-0.25, -0.2) is 4.39 Å². The highest BCUT2D eigenvalue weighted by Crippen LogP contribution is 2.52. The maximum absolute atomic E-state index is 12.8. The minimum atomic E-state index is -7.45. The molecule has 0 aliphatic rings. The van der Waals surface area contributed by atoms with Crippen LogP contribution in [0.15, 0.2) is 11.7 Å². The van der Waals surface area contributed by atoms with E-state index in [1.165, 1.54) is 0 Å². The van der Waals surface area contributed by atoms with E-state index < -0.39 is 54.5 Å². The Labute approximate surface area is 131 Å². The maximum Gasteiger partial charge on any atom is 0.460 e. The smallest absolute Gasteiger partial charge is 0.308 e. The first-order valence-electron chi connectivity index (χ1n) is 5.37. The summed E-state index contributed by atoms with van der Waals surface area (Å²) >= 11 is 0. The lowest BCUT2D eigenvalue weighted by Crippen LogP contribution is -2.53. The van der Waals surface area contributed by atoms with Gasteiger partial charge in [0.1, 0.15) is 6.61 Å². The number of halogens is 16. The molecule has 0 aromatic heterocycles. The molecular formula is C9H2F16O. The third-order valence-corrected chi connectivity index (χ3v) is 2.32. The van der Waals surface area contributed by atoms with E-state index >= 15 is 0 Å². The summed E-state index contributed by atoms with van der Waals surface area (Å²) in [5.41, 5.74) is 0. The molecule has 156 valence electrons. The fraction of sp³-hybridized carbons (Fsp3) is 0.778. The molecule has 0 spiro atoms. The van der Waals surface area contributed by atoms with Crippen molar-refractivity contribution in [3.05, 3.63) is 11.7 Å². The zero-order valence-corrected chi connectivity index (χ0v) is 11.2. The van der Waals surface area contributed by atoms with E-state index in [4.69, 9.17) is 0 Å². The first-order valence-corrected chi connectivity index (χ1v) is 5.37. The van der Waals surface area contributed by atoms with Crippen LogP contribution in [-0.4, -0.2) is 42.8 Å². The Bertz CT molecular complexity index is 537. The second-order valence-corrected chi connectivity index (χ2v) is 4.28. The largest absolute Gasteiger partial charge is 0.460 e. The molecule has 0 bridgehead atoms. The number of hydrogen-bond donors (Lipinski definition) is 0. The molecule has 26 heavy (non-hydrogen) atoms. The molecule has 0 aliphatic heterocycles. The summed E-state index contributed by atoms with van der Waals surface area (Å²) in [5.74, 6) is -30.3. The highest BCUT2D eigenvalue weighted by Gasteiger charge is 2.76. The molecular weight excluding hydrogens is 428 g/mol. The Balaban J connectivity index is 5.81. The van der Waals surface area contributed by atoms with Gasteiger partial charge in [0.15, 0.2) is 0 Å². The second kappa shape index (κ2) is 6.63. The molecule has 0 unspecified atom stereocenters. The van der Waals surface area contributed by atoms with Crippen molar-refractivity contribution in [3.63, 3.8) is 0 Å². The molecule has 0 aliphatic carbocycles. The van der Waals surface area contributed by atoms with Crippen LogP contribution in [0.1, 0.15) is 0 Å². The Morgan fingerprint density at radius 1 is 0.577 bits per heavy atom. The third-order valence-electron chi connectivity index (χ3n) is 2.32. The van der Waals surface area contributed by atoms with Crippen molar-refractivity contribution >= 4 is 0 Å². The quantitative estimate of drug-likeness (QED) is 0.486. The number of ether oxygens (including phenoxy) is 1. The van der Waals surface area contributed by atoms with Crippen molar-refractivity contribution in [1.29, 1.82) is 0 Å². The zero-order valence-electron chi connectivity index (χ0n) is 11.2. The Morgan fingerprint density at radius 2 is 0.962 bits per heavy atom. The van der Waals surface area contributed by atoms with Gasteiger partial charge in [0.05, 0.1) is 0 Å². The van der Waals surface area contributed by atoms with Crippen LogP contribution in [0, 0.1) is 0 Å². The van der Waals surface area contributed by atoms with Gasteiger partial charge in [-0.1, -0.05) is 0 Å². The molecule has 0 rings (SSSR count). The normalized spacial score (nSPS) is 16.6. The summed E-state index contributed by atoms with van der Waals surface area (Å²) in [7, 11) is 0. The first-order chi connectivity index (χ1) is 11.0. The van der Waals surface area contributed by atoms with Crippen LogP contribution in [-0.2, 0) is 4.74 Å². The number of hydrogen-bond acceptors (Lipinski definition) is 1. The molecule has 0 aromatic carbocycles. The van der Waals surface area contributed by atoms with Crippen LogP contribution in [0.2, 0.25) is 0 Å². The fourth-order valence-electron chi connectivity index (χ4n) is 0.908. The summed E-state index contributed by atoms with van der Waals surface area (Å²) in [5, 5.41) is 0. The topological polar surface area (TPSA) is 9.23 Å². The third kappa shape index (κ3) is 4.46. The molecule has 0 heterocycles. The van der Waals surface area contributed by atoms with Crippen molar-refractivity contribution in [1.82, 2.24) is 0 Å². The molecule has 17 heteroatoms. The van der Waals surface area contributed by atoms with Crippen LogP contribution < -0.4 is 0 Å². The van der Waals surface area contributed by atoms with E-state index in [2.05, 4.69) is 4.74 Å². The van der Waals surface area contributed by atoms with Crippen molar-refractivity contribution in [2.24, 2.45) is 0 Å². The Hall–Kier alpha value is -1.42. The molecule has 0 aromatic rings. The maximum atomic E-state index is 12.8. The van der Waals surface area contributed by atoms with Gasteiger partial charge in [-0.15, -0.1) is 0 Å². The molecule has 0 amide bonds. The first kappa shape index (κ1) is 24.6. The summed E-state index contributed by atoms with van der Waals surface area (Å²) in [6.45, 7) is -3.51. The molecule has 1 nitrogen and oxygen atoms in total. The SMILES string of the molecule is FC(=C(F)C(F)(F)C(F)(F)C(F)(F)F)C(F)(F)OCC(F)(F)C(F)(F)F. The van der Waals surface area contributed by atoms with Crippen LogP contribution >= 0.6 is 0 Å². The van der Waals surface area contributed by atoms with Gasteiger partial charge >= 0.3 is 36.2 Å². The van der Waals surface area contributed by atoms with Crippen molar-refractivity contribution in [3.8, 4) is 0 Å². The van der Waals surface area contributed by atoms with Crippen molar-refractivity contribution < 1.29 is 75.0 Å². The van der Waals surface area contributed by atoms with Crippen molar-refractivity contribution in [2.45, 2.75) is 36.2 Å². The Morgan fingerprint density at radius 3 is 1.27 bits per heavy atom. The molecule has 0 saturated heterocycles. The highest BCUT2D eigenvalue weighted by molar-refractivity contribution is 5.19. The van der Waals surface area contributed by atoms with Gasteiger partial charge in [-0.05, 0) is 0 Å². The van der Waals surface area contributed by atoms with Crippen LogP contribution in [0.25, 0.3) is 0 Å². The standard InChI is InChI=1S/C9H2F16O/c10-2(5(14,15)7(18,19)9(23,24)25)3(11)6(16,17)26-1-4(12,13)8(20,21)22/h1H2. The van der Waals surface area contributed by atoms with Crippen LogP contribution in [0.5, 0.6) is 0 Å². The summed E-state index contributed by atoms with van der Waals surface area (Å²) in [4.78, 5) is 0. The van der Waals surface area contributed by atoms with E-state index in [9.17, 15) is 70.2 Å². The lowest BCUT2D eigenvalue weighted by Gasteiger charge is -2.28. The van der Waals surface area contributed by atoms with E-state index in [1.807, 2.05) is 0 Å². The summed E-state index contributed by atoms with van der Waals surface area (Å²) in [6.07, 6.45) is -20.3. The van der Waals surface area contributed by atoms with Gasteiger partial charge in [0, 0.05) is 0 Å². The predicted octanol–water partition coefficient (Wildman–Crippen LogP) is 5.78. The molecule has 0 saturated carbocycles. The van der Waals surface area contributed by atoms with E-state index in [-0.39, 0.29) is 0 Å². The molecule has 0 N–H and O–H groups in total. The van der Waals surface area contributed by atoms with E-state index in [1.54, 1.807) is 0 Å². The summed E-state index contributed by atoms with van der Waals surface area (Å²) in [6, 6.07) is 0. The molecule has 0 radical (unpaired) electrons. The number of rotatable bonds is 6. The minimum Gasteiger partial charge on any atom is -0.308 e. The average Bonchev–Trinajstić information content (AvgIpc) is 2.41. The molecule has 0 atom stereocenters. The Kier molecular flexibility index (Phi) is 6.27. The number of alkyl halides is 14. The fourth-order valence-corrected chi connectivity index (χ4v) is 0.908. The average molecular weight is 430 g/mol. The van der Waals surface area contributed by atoms with Gasteiger partial charge in [0.2, 0.25) is 11.7 Å². The van der Waals surface area contributed by atoms with Crippen LogP contribution in [0.3, 0.4) is 0 Å². The van der Waals surface area contributed by atoms with Gasteiger partial charge in [0.25, 0.3) is 0 Å². The van der Waals surface area contributed by atoms with E-state index in [0.717, 1.165) is 0 Å². The van der Waals surface area contributed by atoms with Gasteiger partial charge in [-0.3, -0.25) is 0 Å². The van der Waals surface area contributed by atoms with Gasteiger partial charge < -0.3 is 4.74 Å². The highest BCUT2D eigenvalue weighted by atomic mass is 19.4. The lowest BCUT2D eigenvalue weighted by molar-refractivity contribution is -0.350. The lowest BCUT2D eigenvalue weighted by atomic mass is 10.1. The van der Waals surface area contributed by atoms with Crippen molar-refractivity contribution in [2.75, 3.05) is 6.61 Å².